The van der Waals surface area contributed by atoms with Crippen LogP contribution in [-0.4, -0.2) is 53.8 Å². The van der Waals surface area contributed by atoms with Gasteiger partial charge in [0.25, 0.3) is 5.91 Å². The van der Waals surface area contributed by atoms with Crippen molar-refractivity contribution in [1.29, 1.82) is 0 Å². The first-order chi connectivity index (χ1) is 17.0. The van der Waals surface area contributed by atoms with Crippen LogP contribution in [0.1, 0.15) is 73.2 Å². The lowest BCUT2D eigenvalue weighted by atomic mass is 9.81. The summed E-state index contributed by atoms with van der Waals surface area (Å²) in [6.45, 7) is 2.06. The number of carbonyl (C=O) groups is 2. The Morgan fingerprint density at radius 1 is 0.943 bits per heavy atom. The molecule has 0 aromatic heterocycles. The number of halogens is 1. The first-order valence-corrected chi connectivity index (χ1v) is 13.5. The van der Waals surface area contributed by atoms with Crippen molar-refractivity contribution >= 4 is 29.1 Å². The Balaban J connectivity index is 1.11. The lowest BCUT2D eigenvalue weighted by molar-refractivity contribution is -0.119. The standard InChI is InChI=1S/C29H36ClN3O2/c1-32(29(35)22-5-11-24(30)12-6-22)26-15-9-21(10-16-26)20-7-13-25(14-8-20)31-28(34)23-18-27-4-2-3-17-33(27)19-23/h5-8,11-14,21,23,26-27H,2-4,9-10,15-19H2,1H3,(H,31,34). The zero-order valence-corrected chi connectivity index (χ0v) is 21.3. The normalized spacial score (nSPS) is 26.7. The summed E-state index contributed by atoms with van der Waals surface area (Å²) in [6.07, 6.45) is 8.93. The molecule has 186 valence electrons. The van der Waals surface area contributed by atoms with Gasteiger partial charge in [0, 0.05) is 41.9 Å². The molecule has 0 spiro atoms. The van der Waals surface area contributed by atoms with Crippen molar-refractivity contribution < 1.29 is 9.59 Å². The van der Waals surface area contributed by atoms with Gasteiger partial charge in [-0.1, -0.05) is 30.2 Å². The van der Waals surface area contributed by atoms with E-state index in [9.17, 15) is 9.59 Å². The third-order valence-electron chi connectivity index (χ3n) is 8.44. The molecule has 0 bridgehead atoms. The molecule has 0 radical (unpaired) electrons. The molecule has 6 heteroatoms. The highest BCUT2D eigenvalue weighted by Gasteiger charge is 2.37. The van der Waals surface area contributed by atoms with Crippen LogP contribution in [0.5, 0.6) is 0 Å². The summed E-state index contributed by atoms with van der Waals surface area (Å²) in [5.74, 6) is 0.839. The Morgan fingerprint density at radius 3 is 2.34 bits per heavy atom. The predicted molar refractivity (Wildman–Crippen MR) is 141 cm³/mol. The van der Waals surface area contributed by atoms with Crippen molar-refractivity contribution in [3.63, 3.8) is 0 Å². The van der Waals surface area contributed by atoms with Gasteiger partial charge in [-0.05, 0) is 99.4 Å². The van der Waals surface area contributed by atoms with Crippen LogP contribution in [0.3, 0.4) is 0 Å². The van der Waals surface area contributed by atoms with E-state index in [0.717, 1.165) is 50.9 Å². The summed E-state index contributed by atoms with van der Waals surface area (Å²) in [4.78, 5) is 30.1. The second kappa shape index (κ2) is 10.7. The van der Waals surface area contributed by atoms with E-state index in [-0.39, 0.29) is 23.8 Å². The molecule has 3 aliphatic rings. The maximum atomic E-state index is 12.8. The summed E-state index contributed by atoms with van der Waals surface area (Å²) >= 11 is 5.96. The maximum absolute atomic E-state index is 12.8. The van der Waals surface area contributed by atoms with Crippen molar-refractivity contribution in [3.8, 4) is 0 Å². The minimum absolute atomic E-state index is 0.0588. The number of piperidine rings is 1. The Labute approximate surface area is 213 Å². The third-order valence-corrected chi connectivity index (χ3v) is 8.69. The molecule has 2 unspecified atom stereocenters. The largest absolute Gasteiger partial charge is 0.339 e. The molecule has 1 saturated carbocycles. The van der Waals surface area contributed by atoms with Crippen LogP contribution in [0.4, 0.5) is 5.69 Å². The molecular formula is C29H36ClN3O2. The molecule has 2 aromatic rings. The Kier molecular flexibility index (Phi) is 7.45. The molecule has 2 heterocycles. The second-order valence-electron chi connectivity index (χ2n) is 10.6. The molecule has 5 rings (SSSR count). The second-order valence-corrected chi connectivity index (χ2v) is 11.1. The van der Waals surface area contributed by atoms with Crippen molar-refractivity contribution in [3.05, 3.63) is 64.7 Å². The van der Waals surface area contributed by atoms with Crippen LogP contribution in [0.2, 0.25) is 5.02 Å². The highest BCUT2D eigenvalue weighted by Crippen LogP contribution is 2.36. The maximum Gasteiger partial charge on any atom is 0.253 e. The molecule has 2 atom stereocenters. The fourth-order valence-corrected chi connectivity index (χ4v) is 6.41. The van der Waals surface area contributed by atoms with E-state index in [0.29, 0.717) is 22.5 Å². The summed E-state index contributed by atoms with van der Waals surface area (Å²) in [5, 5.41) is 3.80. The zero-order chi connectivity index (χ0) is 24.4. The van der Waals surface area contributed by atoms with Gasteiger partial charge >= 0.3 is 0 Å². The molecule has 2 amide bonds. The van der Waals surface area contributed by atoms with Gasteiger partial charge < -0.3 is 10.2 Å². The number of nitrogens with one attached hydrogen (secondary N) is 1. The topological polar surface area (TPSA) is 52.7 Å². The van der Waals surface area contributed by atoms with Gasteiger partial charge in [0.05, 0.1) is 5.92 Å². The monoisotopic (exact) mass is 493 g/mol. The van der Waals surface area contributed by atoms with Gasteiger partial charge in [0.1, 0.15) is 0 Å². The fourth-order valence-electron chi connectivity index (χ4n) is 6.28. The number of amides is 2. The third kappa shape index (κ3) is 5.57. The van der Waals surface area contributed by atoms with Gasteiger partial charge in [0.2, 0.25) is 5.91 Å². The van der Waals surface area contributed by atoms with Crippen molar-refractivity contribution in [2.75, 3.05) is 25.5 Å². The molecule has 35 heavy (non-hydrogen) atoms. The average molecular weight is 494 g/mol. The average Bonchev–Trinajstić information content (AvgIpc) is 3.34. The number of benzene rings is 2. The van der Waals surface area contributed by atoms with Crippen LogP contribution in [0.25, 0.3) is 0 Å². The van der Waals surface area contributed by atoms with E-state index in [1.54, 1.807) is 24.3 Å². The molecule has 2 saturated heterocycles. The van der Waals surface area contributed by atoms with E-state index in [4.69, 9.17) is 11.6 Å². The van der Waals surface area contributed by atoms with E-state index in [1.165, 1.54) is 24.8 Å². The van der Waals surface area contributed by atoms with Gasteiger partial charge in [-0.25, -0.2) is 0 Å². The Hall–Kier alpha value is -2.37. The Bertz CT molecular complexity index is 1020. The van der Waals surface area contributed by atoms with Crippen LogP contribution < -0.4 is 5.32 Å². The number of hydrogen-bond donors (Lipinski definition) is 1. The van der Waals surface area contributed by atoms with Crippen molar-refractivity contribution in [2.24, 2.45) is 5.92 Å². The van der Waals surface area contributed by atoms with Crippen LogP contribution in [0.15, 0.2) is 48.5 Å². The summed E-state index contributed by atoms with van der Waals surface area (Å²) in [5.41, 5.74) is 2.90. The highest BCUT2D eigenvalue weighted by atomic mass is 35.5. The number of fused-ring (bicyclic) bond motifs is 1. The van der Waals surface area contributed by atoms with Gasteiger partial charge in [-0.15, -0.1) is 0 Å². The summed E-state index contributed by atoms with van der Waals surface area (Å²) in [7, 11) is 1.91. The molecule has 3 fully saturated rings. The van der Waals surface area contributed by atoms with Crippen LogP contribution in [0, 0.1) is 5.92 Å². The number of anilines is 1. The van der Waals surface area contributed by atoms with Gasteiger partial charge in [-0.2, -0.15) is 0 Å². The van der Waals surface area contributed by atoms with Crippen LogP contribution >= 0.6 is 11.6 Å². The minimum atomic E-state index is 0.0588. The number of carbonyl (C=O) groups excluding carboxylic acids is 2. The fraction of sp³-hybridized carbons (Fsp3) is 0.517. The Morgan fingerprint density at radius 2 is 1.66 bits per heavy atom. The zero-order valence-electron chi connectivity index (χ0n) is 20.6. The van der Waals surface area contributed by atoms with Gasteiger partial charge in [-0.3, -0.25) is 14.5 Å². The molecule has 1 aliphatic carbocycles. The molecule has 2 aromatic carbocycles. The lowest BCUT2D eigenvalue weighted by Gasteiger charge is -2.35. The summed E-state index contributed by atoms with van der Waals surface area (Å²) < 4.78 is 0. The first kappa shape index (κ1) is 24.3. The van der Waals surface area contributed by atoms with Gasteiger partial charge in [0.15, 0.2) is 0 Å². The van der Waals surface area contributed by atoms with E-state index in [2.05, 4.69) is 34.5 Å². The van der Waals surface area contributed by atoms with Crippen molar-refractivity contribution in [2.45, 2.75) is 69.4 Å². The molecule has 1 N–H and O–H groups in total. The summed E-state index contributed by atoms with van der Waals surface area (Å²) in [6, 6.07) is 16.4. The number of nitrogens with zero attached hydrogens (tertiary/aromatic N) is 2. The lowest BCUT2D eigenvalue weighted by Crippen LogP contribution is -2.39. The van der Waals surface area contributed by atoms with E-state index in [1.807, 2.05) is 11.9 Å². The molecular weight excluding hydrogens is 458 g/mol. The highest BCUT2D eigenvalue weighted by molar-refractivity contribution is 6.30. The number of hydrogen-bond acceptors (Lipinski definition) is 3. The van der Waals surface area contributed by atoms with E-state index >= 15 is 0 Å². The first-order valence-electron chi connectivity index (χ1n) is 13.2. The SMILES string of the molecule is CN(C(=O)c1ccc(Cl)cc1)C1CCC(c2ccc(NC(=O)C3CC4CCCCN4C3)cc2)CC1. The smallest absolute Gasteiger partial charge is 0.253 e. The van der Waals surface area contributed by atoms with E-state index < -0.39 is 0 Å². The molecule has 2 aliphatic heterocycles. The molecule has 5 nitrogen and oxygen atoms in total. The van der Waals surface area contributed by atoms with Crippen LogP contribution in [-0.2, 0) is 4.79 Å². The number of rotatable bonds is 5. The van der Waals surface area contributed by atoms with Crippen molar-refractivity contribution in [1.82, 2.24) is 9.80 Å². The quantitative estimate of drug-likeness (QED) is 0.559. The minimum Gasteiger partial charge on any atom is -0.339 e. The predicted octanol–water partition coefficient (Wildman–Crippen LogP) is 5.95.